The third-order valence-corrected chi connectivity index (χ3v) is 3.50. The average Bonchev–Trinajstić information content (AvgIpc) is 3.15. The van der Waals surface area contributed by atoms with Gasteiger partial charge in [0.2, 0.25) is 0 Å². The second-order valence-electron chi connectivity index (χ2n) is 6.42. The second-order valence-corrected chi connectivity index (χ2v) is 6.42. The number of carbonyl (C=O) groups excluding carboxylic acids is 1. The predicted octanol–water partition coefficient (Wildman–Crippen LogP) is 3.10. The molecule has 1 fully saturated rings. The van der Waals surface area contributed by atoms with Gasteiger partial charge in [-0.15, -0.1) is 0 Å². The number of nitrogens with one attached hydrogen (secondary N) is 1. The Hall–Kier alpha value is -1.75. The molecule has 21 heavy (non-hydrogen) atoms. The third-order valence-electron chi connectivity index (χ3n) is 3.50. The number of rotatable bonds is 4. The molecule has 1 amide bonds. The molecule has 0 spiro atoms. The first-order valence-corrected chi connectivity index (χ1v) is 7.22. The summed E-state index contributed by atoms with van der Waals surface area (Å²) in [7, 11) is 1.65. The van der Waals surface area contributed by atoms with Crippen LogP contribution in [0.15, 0.2) is 18.2 Å². The lowest BCUT2D eigenvalue weighted by Gasteiger charge is -2.20. The summed E-state index contributed by atoms with van der Waals surface area (Å²) in [5.74, 6) is 1.77. The van der Waals surface area contributed by atoms with E-state index >= 15 is 0 Å². The highest BCUT2D eigenvalue weighted by atomic mass is 16.6. The van der Waals surface area contributed by atoms with E-state index in [9.17, 15) is 4.79 Å². The lowest BCUT2D eigenvalue weighted by atomic mass is 10.1. The van der Waals surface area contributed by atoms with E-state index in [1.54, 1.807) is 7.11 Å². The van der Waals surface area contributed by atoms with E-state index in [1.165, 1.54) is 0 Å². The number of anilines is 1. The van der Waals surface area contributed by atoms with Crippen molar-refractivity contribution in [2.24, 2.45) is 11.7 Å². The molecule has 5 nitrogen and oxygen atoms in total. The van der Waals surface area contributed by atoms with Gasteiger partial charge in [0, 0.05) is 5.69 Å². The smallest absolute Gasteiger partial charge is 0.412 e. The zero-order valence-electron chi connectivity index (χ0n) is 13.1. The molecule has 116 valence electrons. The maximum Gasteiger partial charge on any atom is 0.412 e. The van der Waals surface area contributed by atoms with Gasteiger partial charge in [0.25, 0.3) is 0 Å². The first-order chi connectivity index (χ1) is 9.84. The van der Waals surface area contributed by atoms with Crippen molar-refractivity contribution in [2.45, 2.75) is 38.7 Å². The Morgan fingerprint density at radius 2 is 2.14 bits per heavy atom. The van der Waals surface area contributed by atoms with Crippen LogP contribution in [0.2, 0.25) is 0 Å². The van der Waals surface area contributed by atoms with E-state index in [-0.39, 0.29) is 0 Å². The highest BCUT2D eigenvalue weighted by molar-refractivity contribution is 5.85. The van der Waals surface area contributed by atoms with Crippen molar-refractivity contribution in [2.75, 3.05) is 19.0 Å². The van der Waals surface area contributed by atoms with Crippen molar-refractivity contribution in [3.8, 4) is 5.75 Å². The summed E-state index contributed by atoms with van der Waals surface area (Å²) < 4.78 is 10.7. The van der Waals surface area contributed by atoms with Gasteiger partial charge in [-0.05, 0) is 69.3 Å². The third kappa shape index (κ3) is 4.11. The molecule has 1 saturated carbocycles. The van der Waals surface area contributed by atoms with Gasteiger partial charge in [0.05, 0.1) is 7.11 Å². The highest BCUT2D eigenvalue weighted by Crippen LogP contribution is 2.50. The number of hydrogen-bond donors (Lipinski definition) is 2. The summed E-state index contributed by atoms with van der Waals surface area (Å²) in [4.78, 5) is 11.8. The van der Waals surface area contributed by atoms with E-state index in [0.29, 0.717) is 24.1 Å². The van der Waals surface area contributed by atoms with Crippen LogP contribution in [0.4, 0.5) is 10.5 Å². The minimum atomic E-state index is -0.513. The number of methoxy groups -OCH3 is 1. The topological polar surface area (TPSA) is 73.6 Å². The van der Waals surface area contributed by atoms with E-state index in [1.807, 2.05) is 39.0 Å². The van der Waals surface area contributed by atoms with Crippen molar-refractivity contribution in [1.29, 1.82) is 0 Å². The second kappa shape index (κ2) is 5.93. The fourth-order valence-corrected chi connectivity index (χ4v) is 2.41. The quantitative estimate of drug-likeness (QED) is 0.894. The van der Waals surface area contributed by atoms with Gasteiger partial charge in [-0.2, -0.15) is 0 Å². The maximum absolute atomic E-state index is 11.8. The number of benzene rings is 1. The fourth-order valence-electron chi connectivity index (χ4n) is 2.41. The molecule has 2 rings (SSSR count). The van der Waals surface area contributed by atoms with Gasteiger partial charge in [-0.1, -0.05) is 0 Å². The monoisotopic (exact) mass is 292 g/mol. The average molecular weight is 292 g/mol. The Balaban J connectivity index is 2.11. The first-order valence-electron chi connectivity index (χ1n) is 7.22. The molecule has 0 bridgehead atoms. The minimum absolute atomic E-state index is 0.422. The molecular formula is C16H24N2O3. The Morgan fingerprint density at radius 1 is 1.43 bits per heavy atom. The van der Waals surface area contributed by atoms with Gasteiger partial charge >= 0.3 is 6.09 Å². The van der Waals surface area contributed by atoms with E-state index < -0.39 is 11.7 Å². The van der Waals surface area contributed by atoms with Crippen LogP contribution in [0.3, 0.4) is 0 Å². The summed E-state index contributed by atoms with van der Waals surface area (Å²) in [5.41, 5.74) is 7.01. The largest absolute Gasteiger partial charge is 0.496 e. The molecular weight excluding hydrogens is 268 g/mol. The number of amides is 1. The molecule has 0 aliphatic heterocycles. The van der Waals surface area contributed by atoms with Gasteiger partial charge in [0.1, 0.15) is 11.4 Å². The number of ether oxygens (including phenoxy) is 2. The van der Waals surface area contributed by atoms with Crippen LogP contribution in [-0.2, 0) is 4.74 Å². The van der Waals surface area contributed by atoms with Crippen molar-refractivity contribution in [1.82, 2.24) is 0 Å². The van der Waals surface area contributed by atoms with Crippen LogP contribution in [-0.4, -0.2) is 25.3 Å². The summed E-state index contributed by atoms with van der Waals surface area (Å²) >= 11 is 0. The standard InChI is InChI=1S/C16H24N2O3/c1-16(2,3)21-15(19)18-11-5-6-14(20-4)13(8-11)12-7-10(12)9-17/h5-6,8,10,12H,7,9,17H2,1-4H3,(H,18,19)/t10-,12+/m0/s1. The molecule has 2 atom stereocenters. The van der Waals surface area contributed by atoms with E-state index in [4.69, 9.17) is 15.2 Å². The zero-order valence-corrected chi connectivity index (χ0v) is 13.1. The van der Waals surface area contributed by atoms with Crippen molar-refractivity contribution >= 4 is 11.8 Å². The van der Waals surface area contributed by atoms with Crippen LogP contribution in [0.25, 0.3) is 0 Å². The Morgan fingerprint density at radius 3 is 2.67 bits per heavy atom. The number of hydrogen-bond acceptors (Lipinski definition) is 4. The molecule has 5 heteroatoms. The Labute approximate surface area is 125 Å². The lowest BCUT2D eigenvalue weighted by Crippen LogP contribution is -2.27. The van der Waals surface area contributed by atoms with Gasteiger partial charge in [0.15, 0.2) is 0 Å². The number of nitrogens with two attached hydrogens (primary N) is 1. The first kappa shape index (κ1) is 15.6. The highest BCUT2D eigenvalue weighted by Gasteiger charge is 2.39. The molecule has 0 aromatic heterocycles. The van der Waals surface area contributed by atoms with E-state index in [0.717, 1.165) is 17.7 Å². The van der Waals surface area contributed by atoms with Gasteiger partial charge in [-0.25, -0.2) is 4.79 Å². The summed E-state index contributed by atoms with van der Waals surface area (Å²) in [6.45, 7) is 6.18. The minimum Gasteiger partial charge on any atom is -0.496 e. The van der Waals surface area contributed by atoms with Crippen molar-refractivity contribution in [3.63, 3.8) is 0 Å². The SMILES string of the molecule is COc1ccc(NC(=O)OC(C)(C)C)cc1[C@@H]1C[C@H]1CN. The molecule has 0 radical (unpaired) electrons. The van der Waals surface area contributed by atoms with E-state index in [2.05, 4.69) is 5.32 Å². The molecule has 1 aliphatic carbocycles. The summed E-state index contributed by atoms with van der Waals surface area (Å²) in [6, 6.07) is 5.63. The summed E-state index contributed by atoms with van der Waals surface area (Å²) in [5, 5.41) is 2.76. The summed E-state index contributed by atoms with van der Waals surface area (Å²) in [6.07, 6.45) is 0.618. The molecule has 0 saturated heterocycles. The van der Waals surface area contributed by atoms with Gasteiger partial charge < -0.3 is 15.2 Å². The molecule has 1 aliphatic rings. The number of carbonyl (C=O) groups is 1. The van der Waals surface area contributed by atoms with Crippen molar-refractivity contribution in [3.05, 3.63) is 23.8 Å². The zero-order chi connectivity index (χ0) is 15.6. The molecule has 3 N–H and O–H groups in total. The predicted molar refractivity (Wildman–Crippen MR) is 82.8 cm³/mol. The molecule has 0 heterocycles. The van der Waals surface area contributed by atoms with Crippen LogP contribution < -0.4 is 15.8 Å². The normalized spacial score (nSPS) is 20.8. The lowest BCUT2D eigenvalue weighted by molar-refractivity contribution is 0.0636. The van der Waals surface area contributed by atoms with Crippen LogP contribution >= 0.6 is 0 Å². The van der Waals surface area contributed by atoms with Crippen molar-refractivity contribution < 1.29 is 14.3 Å². The molecule has 1 aromatic rings. The van der Waals surface area contributed by atoms with Gasteiger partial charge in [-0.3, -0.25) is 5.32 Å². The Bertz CT molecular complexity index is 523. The fraction of sp³-hybridized carbons (Fsp3) is 0.562. The Kier molecular flexibility index (Phi) is 4.42. The van der Waals surface area contributed by atoms with Crippen LogP contribution in [0.1, 0.15) is 38.7 Å². The maximum atomic E-state index is 11.8. The van der Waals surface area contributed by atoms with Crippen LogP contribution in [0, 0.1) is 5.92 Å². The molecule has 1 aromatic carbocycles. The van der Waals surface area contributed by atoms with Crippen LogP contribution in [0.5, 0.6) is 5.75 Å². The molecule has 0 unspecified atom stereocenters.